The van der Waals surface area contributed by atoms with E-state index in [9.17, 15) is 19.5 Å². The van der Waals surface area contributed by atoms with Crippen LogP contribution in [0.3, 0.4) is 0 Å². The highest BCUT2D eigenvalue weighted by Crippen LogP contribution is 2.37. The SMILES string of the molecule is O=C(CCN1C(=O)[C@@H]2CCCC[C@H]2C1=O)NC1CCC(O)CC1. The van der Waals surface area contributed by atoms with Gasteiger partial charge in [-0.15, -0.1) is 0 Å². The maximum absolute atomic E-state index is 12.3. The van der Waals surface area contributed by atoms with Gasteiger partial charge in [0.05, 0.1) is 17.9 Å². The number of rotatable bonds is 4. The lowest BCUT2D eigenvalue weighted by Gasteiger charge is -2.26. The Morgan fingerprint density at radius 3 is 2.13 bits per heavy atom. The molecule has 0 bridgehead atoms. The van der Waals surface area contributed by atoms with Gasteiger partial charge in [-0.1, -0.05) is 12.8 Å². The molecule has 3 aliphatic rings. The molecule has 0 aromatic carbocycles. The summed E-state index contributed by atoms with van der Waals surface area (Å²) in [5.41, 5.74) is 0. The van der Waals surface area contributed by atoms with Gasteiger partial charge in [-0.3, -0.25) is 19.3 Å². The van der Waals surface area contributed by atoms with Crippen LogP contribution in [0.4, 0.5) is 0 Å². The van der Waals surface area contributed by atoms with Crippen LogP contribution in [-0.2, 0) is 14.4 Å². The molecule has 3 fully saturated rings. The number of hydrogen-bond acceptors (Lipinski definition) is 4. The minimum atomic E-state index is -0.244. The van der Waals surface area contributed by atoms with Gasteiger partial charge < -0.3 is 10.4 Å². The highest BCUT2D eigenvalue weighted by atomic mass is 16.3. The Morgan fingerprint density at radius 2 is 1.57 bits per heavy atom. The molecule has 6 heteroatoms. The number of carbonyl (C=O) groups excluding carboxylic acids is 3. The van der Waals surface area contributed by atoms with Crippen molar-refractivity contribution in [2.24, 2.45) is 11.8 Å². The number of hydrogen-bond donors (Lipinski definition) is 2. The Morgan fingerprint density at radius 1 is 1.00 bits per heavy atom. The van der Waals surface area contributed by atoms with Crippen molar-refractivity contribution in [3.05, 3.63) is 0 Å². The van der Waals surface area contributed by atoms with E-state index >= 15 is 0 Å². The third kappa shape index (κ3) is 3.57. The lowest BCUT2D eigenvalue weighted by molar-refractivity contribution is -0.140. The van der Waals surface area contributed by atoms with Crippen molar-refractivity contribution < 1.29 is 19.5 Å². The monoisotopic (exact) mass is 322 g/mol. The molecule has 3 amide bonds. The molecule has 2 saturated carbocycles. The molecule has 3 rings (SSSR count). The van der Waals surface area contributed by atoms with E-state index in [1.54, 1.807) is 0 Å². The number of likely N-dealkylation sites (tertiary alicyclic amines) is 1. The maximum Gasteiger partial charge on any atom is 0.233 e. The van der Waals surface area contributed by atoms with E-state index < -0.39 is 0 Å². The minimum absolute atomic E-state index is 0.0757. The summed E-state index contributed by atoms with van der Waals surface area (Å²) in [6.45, 7) is 0.200. The number of carbonyl (C=O) groups is 3. The van der Waals surface area contributed by atoms with Crippen LogP contribution in [0.15, 0.2) is 0 Å². The highest BCUT2D eigenvalue weighted by Gasteiger charge is 2.47. The Balaban J connectivity index is 1.47. The first-order chi connectivity index (χ1) is 11.1. The van der Waals surface area contributed by atoms with Crippen LogP contribution in [0.2, 0.25) is 0 Å². The molecule has 2 atom stereocenters. The van der Waals surface area contributed by atoms with E-state index in [0.717, 1.165) is 51.4 Å². The summed E-state index contributed by atoms with van der Waals surface area (Å²) < 4.78 is 0. The Bertz CT molecular complexity index is 461. The van der Waals surface area contributed by atoms with Crippen molar-refractivity contribution in [1.82, 2.24) is 10.2 Å². The van der Waals surface area contributed by atoms with Gasteiger partial charge in [0, 0.05) is 19.0 Å². The zero-order valence-corrected chi connectivity index (χ0v) is 13.5. The number of nitrogens with zero attached hydrogens (tertiary/aromatic N) is 1. The second-order valence-electron chi connectivity index (χ2n) is 7.15. The van der Waals surface area contributed by atoms with E-state index in [2.05, 4.69) is 5.32 Å². The summed E-state index contributed by atoms with van der Waals surface area (Å²) in [7, 11) is 0. The van der Waals surface area contributed by atoms with Gasteiger partial charge in [-0.05, 0) is 38.5 Å². The second-order valence-corrected chi connectivity index (χ2v) is 7.15. The molecular formula is C17H26N2O4. The van der Waals surface area contributed by atoms with Gasteiger partial charge in [-0.25, -0.2) is 0 Å². The lowest BCUT2D eigenvalue weighted by Crippen LogP contribution is -2.41. The Kier molecular flexibility index (Phi) is 4.99. The second kappa shape index (κ2) is 6.99. The van der Waals surface area contributed by atoms with Gasteiger partial charge in [0.15, 0.2) is 0 Å². The highest BCUT2D eigenvalue weighted by molar-refractivity contribution is 6.05. The fourth-order valence-electron chi connectivity index (χ4n) is 4.18. The first-order valence-electron chi connectivity index (χ1n) is 8.89. The maximum atomic E-state index is 12.3. The number of aliphatic hydroxyl groups is 1. The zero-order chi connectivity index (χ0) is 16.4. The molecule has 1 aliphatic heterocycles. The van der Waals surface area contributed by atoms with Gasteiger partial charge in [-0.2, -0.15) is 0 Å². The minimum Gasteiger partial charge on any atom is -0.393 e. The first-order valence-corrected chi connectivity index (χ1v) is 8.89. The van der Waals surface area contributed by atoms with Gasteiger partial charge in [0.1, 0.15) is 0 Å². The standard InChI is InChI=1S/C17H26N2O4/c20-12-7-5-11(6-8-12)18-15(21)9-10-19-16(22)13-3-1-2-4-14(13)17(19)23/h11-14,20H,1-10H2,(H,18,21)/t11?,12?,13-,14-/m1/s1. The van der Waals surface area contributed by atoms with E-state index in [-0.39, 0.29) is 54.7 Å². The number of fused-ring (bicyclic) bond motifs is 1. The van der Waals surface area contributed by atoms with Crippen molar-refractivity contribution >= 4 is 17.7 Å². The summed E-state index contributed by atoms with van der Waals surface area (Å²) in [5.74, 6) is -0.540. The van der Waals surface area contributed by atoms with Crippen LogP contribution in [0, 0.1) is 11.8 Å². The van der Waals surface area contributed by atoms with Crippen LogP contribution >= 0.6 is 0 Å². The first kappa shape index (κ1) is 16.4. The molecule has 0 unspecified atom stereocenters. The van der Waals surface area contributed by atoms with E-state index in [1.165, 1.54) is 4.90 Å². The molecule has 128 valence electrons. The van der Waals surface area contributed by atoms with E-state index in [0.29, 0.717) is 0 Å². The average molecular weight is 322 g/mol. The fourth-order valence-corrected chi connectivity index (χ4v) is 4.18. The number of imide groups is 1. The Labute approximate surface area is 136 Å². The molecule has 1 heterocycles. The zero-order valence-electron chi connectivity index (χ0n) is 13.5. The number of amides is 3. The molecule has 2 N–H and O–H groups in total. The predicted octanol–water partition coefficient (Wildman–Crippen LogP) is 0.971. The molecule has 2 aliphatic carbocycles. The summed E-state index contributed by atoms with van der Waals surface area (Å²) >= 11 is 0. The topological polar surface area (TPSA) is 86.7 Å². The molecule has 0 aromatic rings. The molecule has 1 saturated heterocycles. The van der Waals surface area contributed by atoms with Crippen LogP contribution in [0.25, 0.3) is 0 Å². The lowest BCUT2D eigenvalue weighted by atomic mass is 9.81. The van der Waals surface area contributed by atoms with Crippen molar-refractivity contribution in [2.75, 3.05) is 6.54 Å². The summed E-state index contributed by atoms with van der Waals surface area (Å²) in [6.07, 6.45) is 6.60. The average Bonchev–Trinajstić information content (AvgIpc) is 2.80. The van der Waals surface area contributed by atoms with Crippen molar-refractivity contribution in [3.63, 3.8) is 0 Å². The summed E-state index contributed by atoms with van der Waals surface area (Å²) in [5, 5.41) is 12.4. The fraction of sp³-hybridized carbons (Fsp3) is 0.824. The largest absolute Gasteiger partial charge is 0.393 e. The molecular weight excluding hydrogens is 296 g/mol. The molecule has 6 nitrogen and oxygen atoms in total. The molecule has 0 spiro atoms. The molecule has 0 aromatic heterocycles. The summed E-state index contributed by atoms with van der Waals surface area (Å²) in [6, 6.07) is 0.110. The quantitative estimate of drug-likeness (QED) is 0.755. The van der Waals surface area contributed by atoms with E-state index in [4.69, 9.17) is 0 Å². The van der Waals surface area contributed by atoms with Crippen LogP contribution < -0.4 is 5.32 Å². The Hall–Kier alpha value is -1.43. The van der Waals surface area contributed by atoms with Crippen LogP contribution in [0.5, 0.6) is 0 Å². The smallest absolute Gasteiger partial charge is 0.233 e. The number of aliphatic hydroxyl groups excluding tert-OH is 1. The third-order valence-electron chi connectivity index (χ3n) is 5.56. The number of nitrogens with one attached hydrogen (secondary N) is 1. The van der Waals surface area contributed by atoms with Crippen LogP contribution in [0.1, 0.15) is 57.8 Å². The van der Waals surface area contributed by atoms with Gasteiger partial charge in [0.25, 0.3) is 0 Å². The third-order valence-corrected chi connectivity index (χ3v) is 5.56. The van der Waals surface area contributed by atoms with Crippen LogP contribution in [-0.4, -0.2) is 46.4 Å². The predicted molar refractivity (Wildman–Crippen MR) is 83.2 cm³/mol. The van der Waals surface area contributed by atoms with E-state index in [1.807, 2.05) is 0 Å². The molecule has 0 radical (unpaired) electrons. The van der Waals surface area contributed by atoms with Crippen molar-refractivity contribution in [3.8, 4) is 0 Å². The normalized spacial score (nSPS) is 34.4. The summed E-state index contributed by atoms with van der Waals surface area (Å²) in [4.78, 5) is 38.0. The van der Waals surface area contributed by atoms with Crippen molar-refractivity contribution in [1.29, 1.82) is 0 Å². The van der Waals surface area contributed by atoms with Crippen molar-refractivity contribution in [2.45, 2.75) is 69.9 Å². The van der Waals surface area contributed by atoms with Gasteiger partial charge >= 0.3 is 0 Å². The molecule has 23 heavy (non-hydrogen) atoms. The van der Waals surface area contributed by atoms with Gasteiger partial charge in [0.2, 0.25) is 17.7 Å².